The number of ether oxygens (including phenoxy) is 1. The van der Waals surface area contributed by atoms with Crippen LogP contribution in [0.15, 0.2) is 0 Å². The minimum absolute atomic E-state index is 0.102. The van der Waals surface area contributed by atoms with Crippen LogP contribution in [-0.2, 0) is 19.0 Å². The average Bonchev–Trinajstić information content (AvgIpc) is 1.82. The Morgan fingerprint density at radius 2 is 2.17 bits per heavy atom. The van der Waals surface area contributed by atoms with Crippen molar-refractivity contribution in [1.29, 1.82) is 0 Å². The summed E-state index contributed by atoms with van der Waals surface area (Å²) in [6.45, 7) is 2.50. The predicted octanol–water partition coefficient (Wildman–Crippen LogP) is 0.530. The van der Waals surface area contributed by atoms with Crippen LogP contribution in [-0.4, -0.2) is 33.5 Å². The molecule has 5 heteroatoms. The second kappa shape index (κ2) is 3.72. The van der Waals surface area contributed by atoms with Crippen LogP contribution in [0.2, 0.25) is 0 Å². The largest absolute Gasteiger partial charge is 0.378 e. The zero-order valence-electron chi connectivity index (χ0n) is 7.32. The van der Waals surface area contributed by atoms with Gasteiger partial charge in [-0.15, -0.1) is 0 Å². The van der Waals surface area contributed by atoms with Crippen LogP contribution in [0.3, 0.4) is 0 Å². The third-order valence-electron chi connectivity index (χ3n) is 1.75. The summed E-state index contributed by atoms with van der Waals surface area (Å²) in [5.41, 5.74) is 0. The highest BCUT2D eigenvalue weighted by Gasteiger charge is 2.22. The van der Waals surface area contributed by atoms with Crippen LogP contribution < -0.4 is 0 Å². The Hall–Kier alpha value is -0.130. The number of hydrogen-bond acceptors (Lipinski definition) is 4. The van der Waals surface area contributed by atoms with Gasteiger partial charge in [-0.3, -0.25) is 4.18 Å². The Labute approximate surface area is 73.0 Å². The summed E-state index contributed by atoms with van der Waals surface area (Å²) < 4.78 is 31.6. The van der Waals surface area contributed by atoms with Crippen molar-refractivity contribution in [3.8, 4) is 0 Å². The summed E-state index contributed by atoms with van der Waals surface area (Å²) in [5, 5.41) is 0. The van der Waals surface area contributed by atoms with E-state index in [4.69, 9.17) is 8.92 Å². The fraction of sp³-hybridized carbons (Fsp3) is 1.00. The van der Waals surface area contributed by atoms with Crippen molar-refractivity contribution in [2.45, 2.75) is 32.0 Å². The monoisotopic (exact) mass is 194 g/mol. The van der Waals surface area contributed by atoms with Crippen LogP contribution >= 0.6 is 0 Å². The van der Waals surface area contributed by atoms with E-state index in [1.807, 2.05) is 6.92 Å². The molecule has 0 N–H and O–H groups in total. The molecular formula is C7H14O4S. The van der Waals surface area contributed by atoms with Gasteiger partial charge in [-0.2, -0.15) is 8.42 Å². The van der Waals surface area contributed by atoms with Crippen molar-refractivity contribution in [3.63, 3.8) is 0 Å². The van der Waals surface area contributed by atoms with Crippen LogP contribution in [0.4, 0.5) is 0 Å². The second-order valence-corrected chi connectivity index (χ2v) is 4.73. The van der Waals surface area contributed by atoms with Crippen LogP contribution in [0.5, 0.6) is 0 Å². The molecule has 12 heavy (non-hydrogen) atoms. The van der Waals surface area contributed by atoms with Gasteiger partial charge in [0.05, 0.1) is 18.5 Å². The van der Waals surface area contributed by atoms with Crippen molar-refractivity contribution >= 4 is 10.1 Å². The average molecular weight is 194 g/mol. The molecule has 1 rings (SSSR count). The standard InChI is InChI=1S/C7H14O4S/c1-6-5-7(3-4-10-6)11-12(2,8)9/h6-7H,3-5H2,1-2H3. The highest BCUT2D eigenvalue weighted by molar-refractivity contribution is 7.86. The minimum atomic E-state index is -3.30. The van der Waals surface area contributed by atoms with Gasteiger partial charge in [0.2, 0.25) is 0 Å². The molecule has 0 aromatic heterocycles. The molecule has 0 radical (unpaired) electrons. The van der Waals surface area contributed by atoms with Crippen LogP contribution in [0.1, 0.15) is 19.8 Å². The lowest BCUT2D eigenvalue weighted by molar-refractivity contribution is -0.0229. The van der Waals surface area contributed by atoms with Crippen LogP contribution in [0, 0.1) is 0 Å². The maximum atomic E-state index is 10.7. The van der Waals surface area contributed by atoms with E-state index in [0.717, 1.165) is 6.26 Å². The third-order valence-corrected chi connectivity index (χ3v) is 2.37. The summed E-state index contributed by atoms with van der Waals surface area (Å²) in [5.74, 6) is 0. The lowest BCUT2D eigenvalue weighted by Crippen LogP contribution is -2.30. The molecule has 2 unspecified atom stereocenters. The van der Waals surface area contributed by atoms with E-state index in [-0.39, 0.29) is 12.2 Å². The van der Waals surface area contributed by atoms with Crippen molar-refractivity contribution in [2.24, 2.45) is 0 Å². The predicted molar refractivity (Wildman–Crippen MR) is 44.4 cm³/mol. The minimum Gasteiger partial charge on any atom is -0.378 e. The van der Waals surface area contributed by atoms with Crippen molar-refractivity contribution in [1.82, 2.24) is 0 Å². The molecule has 0 spiro atoms. The third kappa shape index (κ3) is 3.51. The summed E-state index contributed by atoms with van der Waals surface area (Å²) in [6, 6.07) is 0. The van der Waals surface area contributed by atoms with E-state index in [1.165, 1.54) is 0 Å². The molecule has 1 saturated heterocycles. The van der Waals surface area contributed by atoms with Crippen molar-refractivity contribution in [3.05, 3.63) is 0 Å². The smallest absolute Gasteiger partial charge is 0.264 e. The molecule has 0 saturated carbocycles. The van der Waals surface area contributed by atoms with E-state index >= 15 is 0 Å². The van der Waals surface area contributed by atoms with Gasteiger partial charge in [0.15, 0.2) is 0 Å². The highest BCUT2D eigenvalue weighted by atomic mass is 32.2. The van der Waals surface area contributed by atoms with Crippen molar-refractivity contribution in [2.75, 3.05) is 12.9 Å². The Morgan fingerprint density at radius 1 is 1.50 bits per heavy atom. The van der Waals surface area contributed by atoms with Gasteiger partial charge in [0.1, 0.15) is 0 Å². The SMILES string of the molecule is CC1CC(OS(C)(=O)=O)CCO1. The van der Waals surface area contributed by atoms with Crippen molar-refractivity contribution < 1.29 is 17.3 Å². The first-order valence-electron chi connectivity index (χ1n) is 3.97. The van der Waals surface area contributed by atoms with Gasteiger partial charge in [0.25, 0.3) is 10.1 Å². The van der Waals surface area contributed by atoms with Gasteiger partial charge in [0, 0.05) is 13.0 Å². The fourth-order valence-corrected chi connectivity index (χ4v) is 1.96. The molecule has 1 aliphatic rings. The van der Waals surface area contributed by atoms with Gasteiger partial charge in [-0.05, 0) is 13.3 Å². The van der Waals surface area contributed by atoms with E-state index in [0.29, 0.717) is 19.4 Å². The number of rotatable bonds is 2. The molecule has 4 nitrogen and oxygen atoms in total. The first-order chi connectivity index (χ1) is 5.47. The molecule has 1 fully saturated rings. The molecule has 1 heterocycles. The summed E-state index contributed by atoms with van der Waals surface area (Å²) >= 11 is 0. The molecule has 0 aromatic rings. The summed E-state index contributed by atoms with van der Waals surface area (Å²) in [7, 11) is -3.30. The molecule has 0 amide bonds. The Balaban J connectivity index is 2.43. The summed E-state index contributed by atoms with van der Waals surface area (Å²) in [4.78, 5) is 0. The van der Waals surface area contributed by atoms with E-state index in [1.54, 1.807) is 0 Å². The fourth-order valence-electron chi connectivity index (χ4n) is 1.29. The maximum Gasteiger partial charge on any atom is 0.264 e. The Kier molecular flexibility index (Phi) is 3.09. The normalized spacial score (nSPS) is 31.8. The molecule has 0 aliphatic carbocycles. The lowest BCUT2D eigenvalue weighted by atomic mass is 10.1. The first-order valence-corrected chi connectivity index (χ1v) is 5.79. The zero-order chi connectivity index (χ0) is 9.19. The first kappa shape index (κ1) is 9.95. The van der Waals surface area contributed by atoms with Crippen LogP contribution in [0.25, 0.3) is 0 Å². The van der Waals surface area contributed by atoms with E-state index in [2.05, 4.69) is 0 Å². The van der Waals surface area contributed by atoms with E-state index < -0.39 is 10.1 Å². The molecule has 0 bridgehead atoms. The van der Waals surface area contributed by atoms with Gasteiger partial charge >= 0.3 is 0 Å². The molecule has 72 valence electrons. The maximum absolute atomic E-state index is 10.7. The Bertz CT molecular complexity index is 234. The number of hydrogen-bond donors (Lipinski definition) is 0. The highest BCUT2D eigenvalue weighted by Crippen LogP contribution is 2.17. The summed E-state index contributed by atoms with van der Waals surface area (Å²) in [6.07, 6.45) is 2.31. The molecule has 0 aromatic carbocycles. The molecular weight excluding hydrogens is 180 g/mol. The quantitative estimate of drug-likeness (QED) is 0.602. The Morgan fingerprint density at radius 3 is 2.67 bits per heavy atom. The van der Waals surface area contributed by atoms with Gasteiger partial charge in [-0.25, -0.2) is 0 Å². The topological polar surface area (TPSA) is 52.6 Å². The van der Waals surface area contributed by atoms with Gasteiger partial charge in [-0.1, -0.05) is 0 Å². The molecule has 2 atom stereocenters. The second-order valence-electron chi connectivity index (χ2n) is 3.13. The molecule has 1 aliphatic heterocycles. The lowest BCUT2D eigenvalue weighted by Gasteiger charge is -2.25. The zero-order valence-corrected chi connectivity index (χ0v) is 8.13. The van der Waals surface area contributed by atoms with E-state index in [9.17, 15) is 8.42 Å². The van der Waals surface area contributed by atoms with Gasteiger partial charge < -0.3 is 4.74 Å².